The van der Waals surface area contributed by atoms with E-state index >= 15 is 0 Å². The molecule has 150 valence electrons. The molecule has 28 heavy (non-hydrogen) atoms. The number of anilines is 1. The summed E-state index contributed by atoms with van der Waals surface area (Å²) < 4.78 is 13.3. The highest BCUT2D eigenvalue weighted by Gasteiger charge is 2.27. The van der Waals surface area contributed by atoms with Crippen LogP contribution in [0, 0.1) is 14.1 Å². The summed E-state index contributed by atoms with van der Waals surface area (Å²) in [6.45, 7) is 5.56. The van der Waals surface area contributed by atoms with Gasteiger partial charge in [0.25, 0.3) is 11.8 Å². The molecule has 0 bridgehead atoms. The van der Waals surface area contributed by atoms with Crippen molar-refractivity contribution in [3.8, 4) is 0 Å². The summed E-state index contributed by atoms with van der Waals surface area (Å²) in [5, 5.41) is 5.80. The zero-order valence-electron chi connectivity index (χ0n) is 16.1. The highest BCUT2D eigenvalue weighted by atomic mass is 127. The standard InChI is InChI=1S/C20H22I2N2O3S/c1-12-10-13(21)8-9-16(12)23-18(25)14-6-5-7-15(22)17(14)19(26)24-20(2,3)11-28(4)27/h5-10H,11H2,1-4H3,(H,23,25)(H,24,26). The second-order valence-electron chi connectivity index (χ2n) is 7.13. The molecule has 2 aromatic rings. The van der Waals surface area contributed by atoms with Gasteiger partial charge in [0.05, 0.1) is 11.1 Å². The third-order valence-corrected chi connectivity index (χ3v) is 6.64. The summed E-state index contributed by atoms with van der Waals surface area (Å²) in [5.41, 5.74) is 1.62. The second kappa shape index (κ2) is 9.66. The zero-order valence-corrected chi connectivity index (χ0v) is 21.2. The highest BCUT2D eigenvalue weighted by molar-refractivity contribution is 14.1. The summed E-state index contributed by atoms with van der Waals surface area (Å²) in [5.74, 6) is -0.374. The molecule has 0 heterocycles. The van der Waals surface area contributed by atoms with E-state index in [0.717, 1.165) is 9.13 Å². The molecule has 0 aromatic heterocycles. The molecule has 0 aliphatic rings. The topological polar surface area (TPSA) is 75.3 Å². The lowest BCUT2D eigenvalue weighted by Crippen LogP contribution is -2.47. The van der Waals surface area contributed by atoms with Crippen LogP contribution in [-0.2, 0) is 10.8 Å². The van der Waals surface area contributed by atoms with E-state index in [9.17, 15) is 13.8 Å². The highest BCUT2D eigenvalue weighted by Crippen LogP contribution is 2.22. The monoisotopic (exact) mass is 624 g/mol. The molecule has 8 heteroatoms. The Kier molecular flexibility index (Phi) is 8.03. The normalized spacial score (nSPS) is 12.4. The van der Waals surface area contributed by atoms with Gasteiger partial charge in [-0.1, -0.05) is 6.07 Å². The number of hydrogen-bond acceptors (Lipinski definition) is 3. The molecular weight excluding hydrogens is 602 g/mol. The van der Waals surface area contributed by atoms with Crippen LogP contribution in [0.5, 0.6) is 0 Å². The van der Waals surface area contributed by atoms with E-state index in [4.69, 9.17) is 0 Å². The quantitative estimate of drug-likeness (QED) is 0.470. The molecule has 2 amide bonds. The van der Waals surface area contributed by atoms with E-state index in [-0.39, 0.29) is 11.8 Å². The Morgan fingerprint density at radius 1 is 1.11 bits per heavy atom. The van der Waals surface area contributed by atoms with Crippen LogP contribution in [0.4, 0.5) is 5.69 Å². The first-order valence-electron chi connectivity index (χ1n) is 8.49. The Hall–Kier alpha value is -1.01. The molecule has 2 aromatic carbocycles. The van der Waals surface area contributed by atoms with Crippen LogP contribution >= 0.6 is 45.2 Å². The number of hydrogen-bond donors (Lipinski definition) is 2. The number of carbonyl (C=O) groups is 2. The van der Waals surface area contributed by atoms with Crippen LogP contribution in [0.1, 0.15) is 40.1 Å². The smallest absolute Gasteiger partial charge is 0.256 e. The van der Waals surface area contributed by atoms with Crippen LogP contribution in [0.15, 0.2) is 36.4 Å². The third-order valence-electron chi connectivity index (χ3n) is 3.94. The Bertz CT molecular complexity index is 945. The number of nitrogens with one attached hydrogen (secondary N) is 2. The van der Waals surface area contributed by atoms with Crippen molar-refractivity contribution in [3.05, 3.63) is 60.2 Å². The predicted molar refractivity (Wildman–Crippen MR) is 131 cm³/mol. The van der Waals surface area contributed by atoms with Gasteiger partial charge in [-0.3, -0.25) is 13.8 Å². The van der Waals surface area contributed by atoms with Gasteiger partial charge in [-0.2, -0.15) is 0 Å². The Morgan fingerprint density at radius 3 is 2.39 bits per heavy atom. The summed E-state index contributed by atoms with van der Waals surface area (Å²) in [4.78, 5) is 25.9. The first kappa shape index (κ1) is 23.3. The number of aryl methyl sites for hydroxylation is 1. The minimum Gasteiger partial charge on any atom is -0.346 e. The van der Waals surface area contributed by atoms with Gasteiger partial charge in [0.1, 0.15) is 0 Å². The average molecular weight is 624 g/mol. The van der Waals surface area contributed by atoms with Crippen molar-refractivity contribution in [2.75, 3.05) is 17.3 Å². The minimum atomic E-state index is -1.05. The number of halogens is 2. The van der Waals surface area contributed by atoms with Crippen LogP contribution in [0.3, 0.4) is 0 Å². The molecule has 2 N–H and O–H groups in total. The van der Waals surface area contributed by atoms with E-state index in [1.165, 1.54) is 0 Å². The molecule has 0 radical (unpaired) electrons. The maximum atomic E-state index is 13.0. The summed E-state index contributed by atoms with van der Waals surface area (Å²) in [7, 11) is -1.05. The summed E-state index contributed by atoms with van der Waals surface area (Å²) >= 11 is 4.27. The third kappa shape index (κ3) is 6.24. The van der Waals surface area contributed by atoms with Crippen molar-refractivity contribution in [1.29, 1.82) is 0 Å². The van der Waals surface area contributed by atoms with Crippen molar-refractivity contribution in [2.24, 2.45) is 0 Å². The summed E-state index contributed by atoms with van der Waals surface area (Å²) in [6.07, 6.45) is 1.60. The largest absolute Gasteiger partial charge is 0.346 e. The van der Waals surface area contributed by atoms with E-state index in [1.54, 1.807) is 24.5 Å². The van der Waals surface area contributed by atoms with Gasteiger partial charge in [0.2, 0.25) is 0 Å². The van der Waals surface area contributed by atoms with Crippen molar-refractivity contribution in [1.82, 2.24) is 5.32 Å². The van der Waals surface area contributed by atoms with Gasteiger partial charge in [-0.05, 0) is 102 Å². The molecule has 5 nitrogen and oxygen atoms in total. The lowest BCUT2D eigenvalue weighted by atomic mass is 10.0. The Labute approximate surface area is 195 Å². The predicted octanol–water partition coefficient (Wildman–Crippen LogP) is 4.34. The number of rotatable bonds is 6. The van der Waals surface area contributed by atoms with Gasteiger partial charge in [-0.25, -0.2) is 0 Å². The Balaban J connectivity index is 2.33. The van der Waals surface area contributed by atoms with Crippen molar-refractivity contribution in [2.45, 2.75) is 26.3 Å². The number of benzene rings is 2. The molecular formula is C20H22I2N2O3S. The fraction of sp³-hybridized carbons (Fsp3) is 0.300. The second-order valence-corrected chi connectivity index (χ2v) is 11.0. The molecule has 2 rings (SSSR count). The fourth-order valence-corrected chi connectivity index (χ4v) is 5.29. The fourth-order valence-electron chi connectivity index (χ4n) is 2.82. The molecule has 0 aliphatic heterocycles. The van der Waals surface area contributed by atoms with Crippen LogP contribution < -0.4 is 10.6 Å². The van der Waals surface area contributed by atoms with Gasteiger partial charge in [-0.15, -0.1) is 0 Å². The van der Waals surface area contributed by atoms with E-state index in [1.807, 2.05) is 39.0 Å². The minimum absolute atomic E-state index is 0.302. The van der Waals surface area contributed by atoms with Crippen LogP contribution in [0.2, 0.25) is 0 Å². The lowest BCUT2D eigenvalue weighted by molar-refractivity contribution is 0.0909. The maximum Gasteiger partial charge on any atom is 0.256 e. The molecule has 0 saturated carbocycles. The van der Waals surface area contributed by atoms with Crippen molar-refractivity contribution >= 4 is 73.5 Å². The van der Waals surface area contributed by atoms with Gasteiger partial charge in [0.15, 0.2) is 0 Å². The maximum absolute atomic E-state index is 13.0. The number of amides is 2. The number of carbonyl (C=O) groups excluding carboxylic acids is 2. The molecule has 1 atom stereocenters. The molecule has 0 saturated heterocycles. The van der Waals surface area contributed by atoms with E-state index < -0.39 is 16.3 Å². The first-order valence-corrected chi connectivity index (χ1v) is 12.4. The molecule has 1 unspecified atom stereocenters. The van der Waals surface area contributed by atoms with Gasteiger partial charge in [0, 0.05) is 41.2 Å². The first-order chi connectivity index (χ1) is 13.0. The molecule has 0 fully saturated rings. The molecule has 0 aliphatic carbocycles. The van der Waals surface area contributed by atoms with Crippen molar-refractivity contribution in [3.63, 3.8) is 0 Å². The van der Waals surface area contributed by atoms with Gasteiger partial charge < -0.3 is 10.6 Å². The zero-order chi connectivity index (χ0) is 21.1. The lowest BCUT2D eigenvalue weighted by Gasteiger charge is -2.26. The van der Waals surface area contributed by atoms with Crippen LogP contribution in [0.25, 0.3) is 0 Å². The SMILES string of the molecule is Cc1cc(I)ccc1NC(=O)c1cccc(I)c1C(=O)NC(C)(C)CS(C)=O. The van der Waals surface area contributed by atoms with Crippen molar-refractivity contribution < 1.29 is 13.8 Å². The average Bonchev–Trinajstić information content (AvgIpc) is 2.55. The molecule has 0 spiro atoms. The Morgan fingerprint density at radius 2 is 1.79 bits per heavy atom. The van der Waals surface area contributed by atoms with E-state index in [2.05, 4.69) is 55.8 Å². The van der Waals surface area contributed by atoms with E-state index in [0.29, 0.717) is 26.1 Å². The summed E-state index contributed by atoms with van der Waals surface area (Å²) in [6, 6.07) is 10.9. The van der Waals surface area contributed by atoms with Gasteiger partial charge >= 0.3 is 0 Å². The van der Waals surface area contributed by atoms with Crippen LogP contribution in [-0.4, -0.2) is 33.6 Å².